The number of rotatable bonds is 0. The number of aromatic nitrogens is 2. The van der Waals surface area contributed by atoms with Crippen molar-refractivity contribution in [2.45, 2.75) is 0 Å². The van der Waals surface area contributed by atoms with Crippen molar-refractivity contribution in [3.8, 4) is 0 Å². The van der Waals surface area contributed by atoms with Crippen molar-refractivity contribution in [1.29, 1.82) is 0 Å². The van der Waals surface area contributed by atoms with Crippen molar-refractivity contribution in [3.63, 3.8) is 0 Å². The smallest absolute Gasteiger partial charge is 0.0519 e. The van der Waals surface area contributed by atoms with Gasteiger partial charge in [0, 0.05) is 12.4 Å². The first-order chi connectivity index (χ1) is 5.97. The van der Waals surface area contributed by atoms with Crippen molar-refractivity contribution >= 4 is 0 Å². The molecule has 64 valence electrons. The molecule has 4 heteroatoms. The highest BCUT2D eigenvalue weighted by Crippen LogP contribution is 1.87. The van der Waals surface area contributed by atoms with Crippen molar-refractivity contribution in [1.82, 2.24) is 9.58 Å². The topological polar surface area (TPSA) is 33.9 Å². The van der Waals surface area contributed by atoms with E-state index < -0.39 is 0 Å². The third-order valence-electron chi connectivity index (χ3n) is 1.69. The number of fused-ring (bicyclic) bond motifs is 1. The van der Waals surface area contributed by atoms with E-state index in [1.165, 1.54) is 0 Å². The highest BCUT2D eigenvalue weighted by molar-refractivity contribution is 4.95. The Morgan fingerprint density at radius 3 is 1.75 bits per heavy atom. The molecule has 0 fully saturated rings. The van der Waals surface area contributed by atoms with Gasteiger partial charge < -0.3 is 10.9 Å². The summed E-state index contributed by atoms with van der Waals surface area (Å²) in [4.78, 5) is 3.81. The third-order valence-corrected chi connectivity index (χ3v) is 1.69. The van der Waals surface area contributed by atoms with Gasteiger partial charge in [-0.05, 0) is 12.1 Å². The maximum absolute atomic E-state index is 3.21. The largest absolute Gasteiger partial charge is 0.308 e. The fraction of sp³-hybridized carbons (Fsp3) is 0.250. The van der Waals surface area contributed by atoms with Gasteiger partial charge in [-0.1, -0.05) is 12.1 Å². The molecule has 1 aliphatic heterocycles. The minimum absolute atomic E-state index is 0.943. The van der Waals surface area contributed by atoms with Crippen LogP contribution in [0.15, 0.2) is 36.7 Å². The maximum Gasteiger partial charge on any atom is 0.0519 e. The van der Waals surface area contributed by atoms with Crippen molar-refractivity contribution in [2.24, 2.45) is 0 Å². The van der Waals surface area contributed by atoms with Crippen LogP contribution in [0.25, 0.3) is 0 Å². The second-order valence-corrected chi connectivity index (χ2v) is 2.57. The Morgan fingerprint density at radius 1 is 0.750 bits per heavy atom. The predicted octanol–water partition coefficient (Wildman–Crippen LogP) is 0.515. The molecule has 0 atom stereocenters. The summed E-state index contributed by atoms with van der Waals surface area (Å²) >= 11 is 0. The Kier molecular flexibility index (Phi) is 1.90. The van der Waals surface area contributed by atoms with Crippen LogP contribution in [-0.4, -0.2) is 22.7 Å². The lowest BCUT2D eigenvalue weighted by Gasteiger charge is -2.23. The van der Waals surface area contributed by atoms with Gasteiger partial charge in [0.05, 0.1) is 13.1 Å². The summed E-state index contributed by atoms with van der Waals surface area (Å²) in [7, 11) is 0. The average Bonchev–Trinajstić information content (AvgIpc) is 2.06. The zero-order chi connectivity index (χ0) is 8.23. The van der Waals surface area contributed by atoms with Gasteiger partial charge in [0.1, 0.15) is 0 Å². The Labute approximate surface area is 71.0 Å². The van der Waals surface area contributed by atoms with E-state index in [2.05, 4.69) is 10.9 Å². The molecule has 1 aromatic rings. The van der Waals surface area contributed by atoms with Gasteiger partial charge in [-0.25, -0.2) is 0 Å². The minimum atomic E-state index is 0.943. The lowest BCUT2D eigenvalue weighted by Crippen LogP contribution is -2.40. The first-order valence-electron chi connectivity index (χ1n) is 4.04. The highest BCUT2D eigenvalue weighted by Gasteiger charge is 1.96. The molecule has 0 amide bonds. The molecule has 0 bridgehead atoms. The van der Waals surface area contributed by atoms with Gasteiger partial charge >= 0.3 is 0 Å². The Bertz CT molecular complexity index is 268. The number of nitrogens with zero attached hydrogens (tertiary/aromatic N) is 2. The van der Waals surface area contributed by atoms with E-state index in [9.17, 15) is 0 Å². The number of hydrogen-bond donors (Lipinski definition) is 2. The number of hydrogen-bond acceptors (Lipinski definition) is 2. The molecular formula is C8H12N4. The molecule has 0 saturated carbocycles. The molecule has 1 aliphatic rings. The van der Waals surface area contributed by atoms with Crippen molar-refractivity contribution in [3.05, 3.63) is 36.7 Å². The van der Waals surface area contributed by atoms with E-state index in [1.807, 2.05) is 46.2 Å². The molecule has 0 saturated heterocycles. The molecule has 2 rings (SSSR count). The lowest BCUT2D eigenvalue weighted by atomic mass is 10.5. The first-order valence-corrected chi connectivity index (χ1v) is 4.04. The van der Waals surface area contributed by atoms with Gasteiger partial charge in [0.25, 0.3) is 0 Å². The summed E-state index contributed by atoms with van der Waals surface area (Å²) in [5.74, 6) is 0. The summed E-state index contributed by atoms with van der Waals surface area (Å²) in [6, 6.07) is 7.95. The van der Waals surface area contributed by atoms with Gasteiger partial charge in [0.2, 0.25) is 0 Å². The zero-order valence-corrected chi connectivity index (χ0v) is 6.77. The second kappa shape index (κ2) is 3.21. The summed E-state index contributed by atoms with van der Waals surface area (Å²) in [6.07, 6.45) is 3.93. The predicted molar refractivity (Wildman–Crippen MR) is 48.5 cm³/mol. The van der Waals surface area contributed by atoms with E-state index in [0.29, 0.717) is 0 Å². The average molecular weight is 164 g/mol. The normalized spacial score (nSPS) is 13.7. The Hall–Kier alpha value is -1.58. The summed E-state index contributed by atoms with van der Waals surface area (Å²) in [5.41, 5.74) is 6.43. The molecule has 0 unspecified atom stereocenters. The van der Waals surface area contributed by atoms with Crippen LogP contribution < -0.4 is 10.9 Å². The molecule has 0 radical (unpaired) electrons. The zero-order valence-electron chi connectivity index (χ0n) is 6.77. The third kappa shape index (κ3) is 1.37. The molecule has 12 heavy (non-hydrogen) atoms. The van der Waals surface area contributed by atoms with Crippen LogP contribution in [0.5, 0.6) is 0 Å². The molecule has 0 aromatic carbocycles. The summed E-state index contributed by atoms with van der Waals surface area (Å²) in [6.45, 7) is 1.89. The first kappa shape index (κ1) is 7.09. The van der Waals surface area contributed by atoms with Crippen molar-refractivity contribution < 1.29 is 0 Å². The maximum atomic E-state index is 3.21. The van der Waals surface area contributed by atoms with E-state index >= 15 is 0 Å². The van der Waals surface area contributed by atoms with Crippen LogP contribution >= 0.6 is 0 Å². The SMILES string of the molecule is c1cccn2n(cc1)NCCN2. The van der Waals surface area contributed by atoms with Crippen LogP contribution in [0.1, 0.15) is 0 Å². The lowest BCUT2D eigenvalue weighted by molar-refractivity contribution is 0.525. The standard InChI is InChI=1S/C8H12N4/c1-2-4-8-12-10-6-5-9-11(12)7-3-1/h1-4,7-10H,5-6H2. The van der Waals surface area contributed by atoms with E-state index in [-0.39, 0.29) is 0 Å². The van der Waals surface area contributed by atoms with Gasteiger partial charge in [-0.2, -0.15) is 9.58 Å². The molecule has 1 aromatic heterocycles. The molecular weight excluding hydrogens is 152 g/mol. The van der Waals surface area contributed by atoms with Crippen molar-refractivity contribution in [2.75, 3.05) is 23.9 Å². The highest BCUT2D eigenvalue weighted by atomic mass is 15.7. The van der Waals surface area contributed by atoms with Gasteiger partial charge in [0.15, 0.2) is 0 Å². The summed E-state index contributed by atoms with van der Waals surface area (Å²) in [5, 5.41) is 0. The van der Waals surface area contributed by atoms with E-state index in [0.717, 1.165) is 13.1 Å². The molecule has 0 spiro atoms. The van der Waals surface area contributed by atoms with Crippen LogP contribution in [0.3, 0.4) is 0 Å². The van der Waals surface area contributed by atoms with Crippen LogP contribution in [0, 0.1) is 0 Å². The molecule has 0 aliphatic carbocycles. The van der Waals surface area contributed by atoms with E-state index in [1.54, 1.807) is 0 Å². The minimum Gasteiger partial charge on any atom is -0.308 e. The molecule has 2 N–H and O–H groups in total. The van der Waals surface area contributed by atoms with Gasteiger partial charge in [-0.15, -0.1) is 0 Å². The van der Waals surface area contributed by atoms with Gasteiger partial charge in [-0.3, -0.25) is 0 Å². The Morgan fingerprint density at radius 2 is 1.25 bits per heavy atom. The fourth-order valence-corrected chi connectivity index (χ4v) is 1.13. The molecule has 2 heterocycles. The van der Waals surface area contributed by atoms with Crippen LogP contribution in [-0.2, 0) is 0 Å². The molecule has 4 nitrogen and oxygen atoms in total. The second-order valence-electron chi connectivity index (χ2n) is 2.57. The Balaban J connectivity index is 2.48. The summed E-state index contributed by atoms with van der Waals surface area (Å²) < 4.78 is 0. The van der Waals surface area contributed by atoms with Crippen LogP contribution in [0.4, 0.5) is 0 Å². The van der Waals surface area contributed by atoms with E-state index in [4.69, 9.17) is 0 Å². The monoisotopic (exact) mass is 164 g/mol. The quantitative estimate of drug-likeness (QED) is 0.586. The fourth-order valence-electron chi connectivity index (χ4n) is 1.13. The number of nitrogens with one attached hydrogen (secondary N) is 2. The van der Waals surface area contributed by atoms with Crippen LogP contribution in [0.2, 0.25) is 0 Å².